The molecule has 0 aliphatic heterocycles. The van der Waals surface area contributed by atoms with Gasteiger partial charge in [-0.25, -0.2) is 13.2 Å². The van der Waals surface area contributed by atoms with Crippen LogP contribution in [0.3, 0.4) is 0 Å². The Balaban J connectivity index is 2.37. The second kappa shape index (κ2) is 20.8. The molecule has 0 saturated heterocycles. The Kier molecular flexibility index (Phi) is 17.5. The van der Waals surface area contributed by atoms with E-state index in [4.69, 9.17) is 14.2 Å². The van der Waals surface area contributed by atoms with Gasteiger partial charge >= 0.3 is 18.0 Å². The molecule has 5 atom stereocenters. The summed E-state index contributed by atoms with van der Waals surface area (Å²) in [5.74, 6) is -3.57. The van der Waals surface area contributed by atoms with E-state index in [2.05, 4.69) is 21.3 Å². The maximum Gasteiger partial charge on any atom is 0.408 e. The molecule has 0 spiro atoms. The van der Waals surface area contributed by atoms with E-state index in [0.717, 1.165) is 11.7 Å². The molecule has 55 heavy (non-hydrogen) atoms. The van der Waals surface area contributed by atoms with Crippen molar-refractivity contribution < 1.29 is 51.7 Å². The van der Waals surface area contributed by atoms with Crippen molar-refractivity contribution in [2.24, 2.45) is 5.92 Å². The molecular formula is C39H56N4O11S. The Morgan fingerprint density at radius 2 is 1.29 bits per heavy atom. The number of hydrogen-bond donors (Lipinski definition) is 5. The van der Waals surface area contributed by atoms with Crippen LogP contribution in [-0.2, 0) is 49.8 Å². The van der Waals surface area contributed by atoms with Crippen LogP contribution >= 0.6 is 0 Å². The molecule has 0 bridgehead atoms. The Bertz CT molecular complexity index is 1720. The molecule has 2 aromatic carbocycles. The van der Waals surface area contributed by atoms with Crippen molar-refractivity contribution in [3.05, 3.63) is 83.3 Å². The van der Waals surface area contributed by atoms with Crippen molar-refractivity contribution >= 4 is 39.7 Å². The van der Waals surface area contributed by atoms with E-state index < -0.39 is 93.6 Å². The molecule has 2 rings (SSSR count). The average Bonchev–Trinajstić information content (AvgIpc) is 3.05. The van der Waals surface area contributed by atoms with E-state index in [0.29, 0.717) is 11.1 Å². The highest BCUT2D eigenvalue weighted by Gasteiger charge is 2.34. The lowest BCUT2D eigenvalue weighted by Crippen LogP contribution is -2.58. The number of aliphatic hydroxyl groups excluding tert-OH is 1. The number of carbonyl (C=O) groups excluding carboxylic acids is 5. The van der Waals surface area contributed by atoms with Crippen LogP contribution in [0.5, 0.6) is 0 Å². The summed E-state index contributed by atoms with van der Waals surface area (Å²) in [7, 11) is -3.61. The number of ether oxygens (including phenoxy) is 3. The van der Waals surface area contributed by atoms with Crippen LogP contribution in [0.1, 0.15) is 85.4 Å². The standard InChI is InChI=1S/C39H56N4O11S/c1-25(2)32(35(47)40-28(20-21-55(9,50)51)22-30(44)53-38(3,4)5)42-36(48)33(27-18-14-11-15-19-27)43-34(46)29(23-31(45)54-39(6,7)8)41-37(49)52-24-26-16-12-10-13-17-26/h10-21,25,28-29,32-33,35,40,47H,22-24H2,1-9H3,(H,41,49)(H,42,48)(H,43,46)/b21-20+/t28-,29+,32+,33?,35?/m1/s1. The molecule has 0 aliphatic rings. The predicted octanol–water partition coefficient (Wildman–Crippen LogP) is 3.58. The number of alkyl carbamates (subject to hydrolysis) is 1. The van der Waals surface area contributed by atoms with Gasteiger partial charge in [0.1, 0.15) is 36.1 Å². The summed E-state index contributed by atoms with van der Waals surface area (Å²) in [5.41, 5.74) is -0.702. The van der Waals surface area contributed by atoms with E-state index in [1.54, 1.807) is 116 Å². The fourth-order valence-corrected chi connectivity index (χ4v) is 5.49. The minimum Gasteiger partial charge on any atom is -0.460 e. The third kappa shape index (κ3) is 18.9. The minimum absolute atomic E-state index is 0.113. The molecule has 2 unspecified atom stereocenters. The van der Waals surface area contributed by atoms with Crippen molar-refractivity contribution in [2.75, 3.05) is 6.26 Å². The molecule has 16 heteroatoms. The topological polar surface area (TPSA) is 216 Å². The van der Waals surface area contributed by atoms with Crippen LogP contribution in [0.15, 0.2) is 72.1 Å². The minimum atomic E-state index is -3.61. The van der Waals surface area contributed by atoms with Gasteiger partial charge in [0.05, 0.1) is 18.9 Å². The Morgan fingerprint density at radius 3 is 1.80 bits per heavy atom. The Hall–Kier alpha value is -4.80. The van der Waals surface area contributed by atoms with Crippen molar-refractivity contribution in [3.63, 3.8) is 0 Å². The van der Waals surface area contributed by atoms with Crippen LogP contribution < -0.4 is 21.3 Å². The molecule has 0 fully saturated rings. The molecule has 0 radical (unpaired) electrons. The lowest BCUT2D eigenvalue weighted by atomic mass is 9.99. The third-order valence-electron chi connectivity index (χ3n) is 7.41. The van der Waals surface area contributed by atoms with Crippen LogP contribution in [0, 0.1) is 5.92 Å². The van der Waals surface area contributed by atoms with Crippen molar-refractivity contribution in [3.8, 4) is 0 Å². The number of amides is 3. The van der Waals surface area contributed by atoms with Crippen molar-refractivity contribution in [1.82, 2.24) is 21.3 Å². The van der Waals surface area contributed by atoms with Crippen LogP contribution in [0.4, 0.5) is 4.79 Å². The predicted molar refractivity (Wildman–Crippen MR) is 205 cm³/mol. The van der Waals surface area contributed by atoms with Crippen LogP contribution in [0.2, 0.25) is 0 Å². The van der Waals surface area contributed by atoms with E-state index in [1.165, 1.54) is 6.08 Å². The van der Waals surface area contributed by atoms with Crippen LogP contribution in [0.25, 0.3) is 0 Å². The zero-order valence-corrected chi connectivity index (χ0v) is 33.8. The number of rotatable bonds is 18. The summed E-state index contributed by atoms with van der Waals surface area (Å²) in [4.78, 5) is 66.3. The molecule has 304 valence electrons. The first kappa shape index (κ1) is 46.4. The fourth-order valence-electron chi connectivity index (χ4n) is 5.02. The second-order valence-corrected chi connectivity index (χ2v) is 17.3. The average molecular weight is 789 g/mol. The maximum atomic E-state index is 14.1. The van der Waals surface area contributed by atoms with E-state index >= 15 is 0 Å². The van der Waals surface area contributed by atoms with Gasteiger partial charge in [0.15, 0.2) is 9.84 Å². The molecule has 0 heterocycles. The van der Waals surface area contributed by atoms with Crippen LogP contribution in [-0.4, -0.2) is 85.2 Å². The maximum absolute atomic E-state index is 14.1. The zero-order valence-electron chi connectivity index (χ0n) is 33.0. The van der Waals surface area contributed by atoms with Gasteiger partial charge in [-0.1, -0.05) is 80.6 Å². The molecule has 5 N–H and O–H groups in total. The second-order valence-electron chi connectivity index (χ2n) is 15.3. The molecule has 0 aliphatic carbocycles. The van der Waals surface area contributed by atoms with E-state index in [9.17, 15) is 37.5 Å². The lowest BCUT2D eigenvalue weighted by molar-refractivity contribution is -0.157. The van der Waals surface area contributed by atoms with Gasteiger partial charge < -0.3 is 35.3 Å². The van der Waals surface area contributed by atoms with Gasteiger partial charge in [0.25, 0.3) is 0 Å². The summed E-state index contributed by atoms with van der Waals surface area (Å²) < 4.78 is 39.9. The van der Waals surface area contributed by atoms with Gasteiger partial charge in [0.2, 0.25) is 11.8 Å². The molecule has 0 saturated carbocycles. The number of benzene rings is 2. The van der Waals surface area contributed by atoms with Crippen molar-refractivity contribution in [2.45, 2.75) is 116 Å². The zero-order chi connectivity index (χ0) is 41.6. The normalized spacial score (nSPS) is 14.9. The number of hydrogen-bond acceptors (Lipinski definition) is 12. The fraction of sp³-hybridized carbons (Fsp3) is 0.513. The summed E-state index contributed by atoms with van der Waals surface area (Å²) in [6, 6.07) is 12.0. The Labute approximate surface area is 323 Å². The summed E-state index contributed by atoms with van der Waals surface area (Å²) in [6.07, 6.45) is -1.29. The summed E-state index contributed by atoms with van der Waals surface area (Å²) in [5, 5.41) is 22.8. The van der Waals surface area contributed by atoms with Crippen molar-refractivity contribution in [1.29, 1.82) is 0 Å². The van der Waals surface area contributed by atoms with E-state index in [-0.39, 0.29) is 13.0 Å². The molecule has 2 aromatic rings. The third-order valence-corrected chi connectivity index (χ3v) is 8.06. The smallest absolute Gasteiger partial charge is 0.408 e. The first-order chi connectivity index (χ1) is 25.4. The Morgan fingerprint density at radius 1 is 0.764 bits per heavy atom. The number of nitrogens with one attached hydrogen (secondary N) is 4. The van der Waals surface area contributed by atoms with Gasteiger partial charge in [-0.3, -0.25) is 24.5 Å². The number of sulfone groups is 1. The molecule has 15 nitrogen and oxygen atoms in total. The molecular weight excluding hydrogens is 733 g/mol. The highest BCUT2D eigenvalue weighted by molar-refractivity contribution is 7.93. The summed E-state index contributed by atoms with van der Waals surface area (Å²) >= 11 is 0. The largest absolute Gasteiger partial charge is 0.460 e. The molecule has 3 amide bonds. The quantitative estimate of drug-likeness (QED) is 0.0833. The SMILES string of the molecule is CC(C)[C@H](NC(=O)C(NC(=O)[C@H](CC(=O)OC(C)(C)C)NC(=O)OCc1ccccc1)c1ccccc1)C(O)N[C@H](/C=C/S(C)(=O)=O)CC(=O)OC(C)(C)C. The molecule has 0 aromatic heterocycles. The summed E-state index contributed by atoms with van der Waals surface area (Å²) in [6.45, 7) is 13.3. The van der Waals surface area contributed by atoms with Gasteiger partial charge in [-0.2, -0.15) is 0 Å². The van der Waals surface area contributed by atoms with E-state index in [1.807, 2.05) is 0 Å². The first-order valence-electron chi connectivity index (χ1n) is 17.8. The number of esters is 2. The first-order valence-corrected chi connectivity index (χ1v) is 19.8. The highest BCUT2D eigenvalue weighted by Crippen LogP contribution is 2.18. The van der Waals surface area contributed by atoms with Gasteiger partial charge in [-0.05, 0) is 58.6 Å². The number of aliphatic hydroxyl groups is 1. The number of carbonyl (C=O) groups is 5. The highest BCUT2D eigenvalue weighted by atomic mass is 32.2. The monoisotopic (exact) mass is 788 g/mol. The van der Waals surface area contributed by atoms with Gasteiger partial charge in [0, 0.05) is 17.7 Å². The lowest BCUT2D eigenvalue weighted by Gasteiger charge is -2.32. The van der Waals surface area contributed by atoms with Gasteiger partial charge in [-0.15, -0.1) is 0 Å².